The van der Waals surface area contributed by atoms with Gasteiger partial charge in [-0.3, -0.25) is 4.79 Å². The van der Waals surface area contributed by atoms with Crippen molar-refractivity contribution in [1.82, 2.24) is 4.90 Å². The number of unbranched alkanes of at least 4 members (excludes halogenated alkanes) is 5. The zero-order valence-corrected chi connectivity index (χ0v) is 12.2. The smallest absolute Gasteiger partial charge is 0.226 e. The van der Waals surface area contributed by atoms with E-state index in [1.54, 1.807) is 0 Å². The van der Waals surface area contributed by atoms with Crippen molar-refractivity contribution >= 4 is 5.91 Å². The Kier molecular flexibility index (Phi) is 12.9. The molecule has 4 nitrogen and oxygen atoms in total. The molecule has 0 bridgehead atoms. The van der Waals surface area contributed by atoms with E-state index >= 15 is 0 Å². The summed E-state index contributed by atoms with van der Waals surface area (Å²) in [7, 11) is 0. The minimum absolute atomic E-state index is 0.0367. The first kappa shape index (κ1) is 18.1. The Morgan fingerprint density at radius 1 is 1.00 bits per heavy atom. The standard InChI is InChI=1S/C15H29NO3/c1-2-3-4-5-6-7-8-9-10-15(19)16(11-13-17)12-14-18/h8-9,17-18H,2-7,10-14H2,1H3/b9-8+. The van der Waals surface area contributed by atoms with Crippen LogP contribution in [0.3, 0.4) is 0 Å². The van der Waals surface area contributed by atoms with E-state index in [-0.39, 0.29) is 19.1 Å². The van der Waals surface area contributed by atoms with E-state index in [4.69, 9.17) is 10.2 Å². The van der Waals surface area contributed by atoms with Crippen LogP contribution in [0.4, 0.5) is 0 Å². The van der Waals surface area contributed by atoms with Gasteiger partial charge in [0.15, 0.2) is 0 Å². The van der Waals surface area contributed by atoms with Crippen LogP contribution in [0, 0.1) is 0 Å². The van der Waals surface area contributed by atoms with Crippen molar-refractivity contribution in [2.24, 2.45) is 0 Å². The zero-order valence-electron chi connectivity index (χ0n) is 12.2. The third kappa shape index (κ3) is 10.7. The van der Waals surface area contributed by atoms with E-state index in [2.05, 4.69) is 13.0 Å². The van der Waals surface area contributed by atoms with Crippen LogP contribution in [0.1, 0.15) is 51.9 Å². The normalized spacial score (nSPS) is 11.1. The van der Waals surface area contributed by atoms with Crippen LogP contribution in [-0.2, 0) is 4.79 Å². The summed E-state index contributed by atoms with van der Waals surface area (Å²) < 4.78 is 0. The Hall–Kier alpha value is -0.870. The molecule has 0 saturated heterocycles. The fourth-order valence-electron chi connectivity index (χ4n) is 1.90. The number of rotatable bonds is 12. The van der Waals surface area contributed by atoms with Crippen LogP contribution < -0.4 is 0 Å². The SMILES string of the molecule is CCCCCCC/C=C/CC(=O)N(CCO)CCO. The molecule has 0 spiro atoms. The molecule has 4 heteroatoms. The summed E-state index contributed by atoms with van der Waals surface area (Å²) in [5, 5.41) is 17.7. The second kappa shape index (κ2) is 13.6. The van der Waals surface area contributed by atoms with Crippen molar-refractivity contribution in [1.29, 1.82) is 0 Å². The van der Waals surface area contributed by atoms with Crippen LogP contribution in [0.25, 0.3) is 0 Å². The highest BCUT2D eigenvalue weighted by atomic mass is 16.3. The van der Waals surface area contributed by atoms with E-state index in [9.17, 15) is 4.79 Å². The van der Waals surface area contributed by atoms with Crippen molar-refractivity contribution in [3.05, 3.63) is 12.2 Å². The lowest BCUT2D eigenvalue weighted by Crippen LogP contribution is -2.35. The summed E-state index contributed by atoms with van der Waals surface area (Å²) in [6.07, 6.45) is 11.6. The van der Waals surface area contributed by atoms with Gasteiger partial charge in [0.1, 0.15) is 0 Å². The first-order valence-electron chi connectivity index (χ1n) is 7.40. The molecule has 0 aliphatic heterocycles. The lowest BCUT2D eigenvalue weighted by Gasteiger charge is -2.19. The number of carbonyl (C=O) groups excluding carboxylic acids is 1. The number of carbonyl (C=O) groups is 1. The van der Waals surface area contributed by atoms with Crippen LogP contribution in [0.2, 0.25) is 0 Å². The predicted molar refractivity (Wildman–Crippen MR) is 77.9 cm³/mol. The number of amides is 1. The predicted octanol–water partition coefficient (Wildman–Crippen LogP) is 2.11. The first-order chi connectivity index (χ1) is 9.26. The van der Waals surface area contributed by atoms with Crippen molar-refractivity contribution < 1.29 is 15.0 Å². The Labute approximate surface area is 117 Å². The molecular weight excluding hydrogens is 242 g/mol. The molecule has 0 heterocycles. The molecular formula is C15H29NO3. The van der Waals surface area contributed by atoms with Gasteiger partial charge < -0.3 is 15.1 Å². The zero-order chi connectivity index (χ0) is 14.3. The van der Waals surface area contributed by atoms with Gasteiger partial charge in [0.2, 0.25) is 5.91 Å². The fourth-order valence-corrected chi connectivity index (χ4v) is 1.90. The lowest BCUT2D eigenvalue weighted by molar-refractivity contribution is -0.131. The summed E-state index contributed by atoms with van der Waals surface area (Å²) in [5.74, 6) is -0.0367. The summed E-state index contributed by atoms with van der Waals surface area (Å²) >= 11 is 0. The maximum atomic E-state index is 11.7. The molecule has 19 heavy (non-hydrogen) atoms. The Balaban J connectivity index is 3.68. The summed E-state index contributed by atoms with van der Waals surface area (Å²) in [6, 6.07) is 0. The van der Waals surface area contributed by atoms with Gasteiger partial charge in [-0.15, -0.1) is 0 Å². The van der Waals surface area contributed by atoms with Gasteiger partial charge in [-0.05, 0) is 12.8 Å². The van der Waals surface area contributed by atoms with E-state index in [1.807, 2.05) is 6.08 Å². The van der Waals surface area contributed by atoms with Gasteiger partial charge in [0.25, 0.3) is 0 Å². The molecule has 0 aromatic rings. The summed E-state index contributed by atoms with van der Waals surface area (Å²) in [4.78, 5) is 13.2. The number of hydrogen-bond donors (Lipinski definition) is 2. The van der Waals surface area contributed by atoms with Gasteiger partial charge in [0.05, 0.1) is 13.2 Å². The highest BCUT2D eigenvalue weighted by molar-refractivity contribution is 5.77. The molecule has 1 amide bonds. The number of aliphatic hydroxyl groups excluding tert-OH is 2. The van der Waals surface area contributed by atoms with Crippen LogP contribution in [-0.4, -0.2) is 47.3 Å². The minimum atomic E-state index is -0.0626. The Bertz CT molecular complexity index is 236. The number of allylic oxidation sites excluding steroid dienone is 1. The van der Waals surface area contributed by atoms with E-state index < -0.39 is 0 Å². The molecule has 0 unspecified atom stereocenters. The molecule has 0 aromatic carbocycles. The van der Waals surface area contributed by atoms with Gasteiger partial charge in [-0.25, -0.2) is 0 Å². The Morgan fingerprint density at radius 2 is 1.63 bits per heavy atom. The van der Waals surface area contributed by atoms with Gasteiger partial charge in [-0.2, -0.15) is 0 Å². The molecule has 2 N–H and O–H groups in total. The number of nitrogens with zero attached hydrogens (tertiary/aromatic N) is 1. The number of aliphatic hydroxyl groups is 2. The maximum Gasteiger partial charge on any atom is 0.226 e. The van der Waals surface area contributed by atoms with Crippen molar-refractivity contribution in [3.63, 3.8) is 0 Å². The fraction of sp³-hybridized carbons (Fsp3) is 0.800. The average molecular weight is 271 g/mol. The molecule has 0 atom stereocenters. The van der Waals surface area contributed by atoms with Crippen molar-refractivity contribution in [2.45, 2.75) is 51.9 Å². The van der Waals surface area contributed by atoms with Gasteiger partial charge >= 0.3 is 0 Å². The van der Waals surface area contributed by atoms with Gasteiger partial charge in [0, 0.05) is 19.5 Å². The Morgan fingerprint density at radius 3 is 2.21 bits per heavy atom. The van der Waals surface area contributed by atoms with E-state index in [1.165, 1.54) is 37.0 Å². The first-order valence-corrected chi connectivity index (χ1v) is 7.40. The van der Waals surface area contributed by atoms with Crippen molar-refractivity contribution in [3.8, 4) is 0 Å². The molecule has 0 aliphatic rings. The quantitative estimate of drug-likeness (QED) is 0.422. The van der Waals surface area contributed by atoms with Gasteiger partial charge in [-0.1, -0.05) is 44.8 Å². The third-order valence-electron chi connectivity index (χ3n) is 3.03. The van der Waals surface area contributed by atoms with E-state index in [0.29, 0.717) is 19.5 Å². The molecule has 0 rings (SSSR count). The highest BCUT2D eigenvalue weighted by Gasteiger charge is 2.09. The maximum absolute atomic E-state index is 11.7. The minimum Gasteiger partial charge on any atom is -0.395 e. The molecule has 0 aliphatic carbocycles. The average Bonchev–Trinajstić information content (AvgIpc) is 2.41. The molecule has 112 valence electrons. The second-order valence-corrected chi connectivity index (χ2v) is 4.71. The monoisotopic (exact) mass is 271 g/mol. The number of hydrogen-bond acceptors (Lipinski definition) is 3. The second-order valence-electron chi connectivity index (χ2n) is 4.71. The van der Waals surface area contributed by atoms with Crippen molar-refractivity contribution in [2.75, 3.05) is 26.3 Å². The van der Waals surface area contributed by atoms with Crippen LogP contribution in [0.15, 0.2) is 12.2 Å². The molecule has 0 saturated carbocycles. The molecule has 0 radical (unpaired) electrons. The lowest BCUT2D eigenvalue weighted by atomic mass is 10.1. The topological polar surface area (TPSA) is 60.8 Å². The summed E-state index contributed by atoms with van der Waals surface area (Å²) in [6.45, 7) is 2.67. The van der Waals surface area contributed by atoms with Crippen LogP contribution in [0.5, 0.6) is 0 Å². The van der Waals surface area contributed by atoms with E-state index in [0.717, 1.165) is 6.42 Å². The largest absolute Gasteiger partial charge is 0.395 e. The highest BCUT2D eigenvalue weighted by Crippen LogP contribution is 2.05. The third-order valence-corrected chi connectivity index (χ3v) is 3.03. The molecule has 0 fully saturated rings. The summed E-state index contributed by atoms with van der Waals surface area (Å²) in [5.41, 5.74) is 0. The van der Waals surface area contributed by atoms with Crippen LogP contribution >= 0.6 is 0 Å². The molecule has 0 aromatic heterocycles.